The van der Waals surface area contributed by atoms with E-state index in [1.165, 1.54) is 0 Å². The van der Waals surface area contributed by atoms with Crippen molar-refractivity contribution >= 4 is 27.8 Å². The monoisotopic (exact) mass is 355 g/mol. The van der Waals surface area contributed by atoms with Gasteiger partial charge in [-0.25, -0.2) is 9.97 Å². The fourth-order valence-corrected chi connectivity index (χ4v) is 3.14. The predicted molar refractivity (Wildman–Crippen MR) is 107 cm³/mol. The van der Waals surface area contributed by atoms with Crippen LogP contribution in [0.5, 0.6) is 0 Å². The zero-order valence-corrected chi connectivity index (χ0v) is 16.0. The Morgan fingerprint density at radius 1 is 1.12 bits per heavy atom. The van der Waals surface area contributed by atoms with Gasteiger partial charge in [0.2, 0.25) is 0 Å². The smallest absolute Gasteiger partial charge is 0.152 e. The number of anilines is 1. The molecule has 26 heavy (non-hydrogen) atoms. The summed E-state index contributed by atoms with van der Waals surface area (Å²) in [4.78, 5) is 17.7. The van der Waals surface area contributed by atoms with Gasteiger partial charge in [-0.05, 0) is 46.0 Å². The molecule has 3 rings (SSSR count). The van der Waals surface area contributed by atoms with Crippen molar-refractivity contribution in [3.8, 4) is 0 Å². The van der Waals surface area contributed by atoms with Gasteiger partial charge in [-0.3, -0.25) is 0 Å². The number of imidazole rings is 1. The van der Waals surface area contributed by atoms with Crippen molar-refractivity contribution in [2.24, 2.45) is 0 Å². The Kier molecular flexibility index (Phi) is 5.93. The molecule has 6 heteroatoms. The number of benzene rings is 1. The van der Waals surface area contributed by atoms with Gasteiger partial charge in [0.25, 0.3) is 0 Å². The fraction of sp³-hybridized carbons (Fsp3) is 0.500. The quantitative estimate of drug-likeness (QED) is 0.597. The van der Waals surface area contributed by atoms with Crippen LogP contribution < -0.4 is 10.6 Å². The molecule has 0 saturated carbocycles. The van der Waals surface area contributed by atoms with E-state index in [0.29, 0.717) is 12.4 Å². The van der Waals surface area contributed by atoms with Crippen LogP contribution in [0.15, 0.2) is 24.3 Å². The minimum atomic E-state index is 0.464. The molecule has 0 fully saturated rings. The molecule has 0 radical (unpaired) electrons. The van der Waals surface area contributed by atoms with E-state index in [9.17, 15) is 0 Å². The van der Waals surface area contributed by atoms with E-state index in [0.717, 1.165) is 66.4 Å². The Labute approximate surface area is 154 Å². The Balaban J connectivity index is 1.96. The molecule has 0 saturated heterocycles. The van der Waals surface area contributed by atoms with Gasteiger partial charge >= 0.3 is 0 Å². The van der Waals surface area contributed by atoms with Crippen LogP contribution >= 0.6 is 0 Å². The first kappa shape index (κ1) is 18.5. The largest absolute Gasteiger partial charge is 0.412 e. The number of nitrogen functional groups attached to an aromatic ring is 1. The van der Waals surface area contributed by atoms with E-state index in [-0.39, 0.29) is 0 Å². The Bertz CT molecular complexity index is 871. The molecular weight excluding hydrogens is 326 g/mol. The number of pyridine rings is 1. The number of rotatable bonds is 9. The normalized spacial score (nSPS) is 11.7. The summed E-state index contributed by atoms with van der Waals surface area (Å²) in [7, 11) is 4.18. The molecule has 1 aromatic carbocycles. The standard InChI is InChI=1S/C20H29N5O/c1-4-5-12-17-23-18-19(25(17)26-14-9-8-13-24(2)3)15-10-6-7-11-16(15)22-20(18)21/h6-7,10-11H,4-5,8-9,12-14H2,1-3H3,(H2,21,22). The lowest BCUT2D eigenvalue weighted by Crippen LogP contribution is -2.18. The van der Waals surface area contributed by atoms with Crippen LogP contribution in [-0.4, -0.2) is 46.8 Å². The summed E-state index contributed by atoms with van der Waals surface area (Å²) in [6.45, 7) is 3.91. The topological polar surface area (TPSA) is 69.2 Å². The van der Waals surface area contributed by atoms with Crippen LogP contribution in [0.1, 0.15) is 38.4 Å². The highest BCUT2D eigenvalue weighted by Gasteiger charge is 2.18. The van der Waals surface area contributed by atoms with Gasteiger partial charge in [0.05, 0.1) is 5.52 Å². The van der Waals surface area contributed by atoms with Gasteiger partial charge in [0, 0.05) is 11.8 Å². The molecule has 0 aliphatic rings. The molecule has 0 amide bonds. The summed E-state index contributed by atoms with van der Waals surface area (Å²) in [6.07, 6.45) is 5.16. The van der Waals surface area contributed by atoms with Gasteiger partial charge in [0.15, 0.2) is 5.82 Å². The molecule has 2 aromatic heterocycles. The van der Waals surface area contributed by atoms with Crippen LogP contribution in [0, 0.1) is 0 Å². The van der Waals surface area contributed by atoms with Crippen molar-refractivity contribution in [2.75, 3.05) is 33.0 Å². The SMILES string of the molecule is CCCCc1nc2c(N)nc3ccccc3c2n1OCCCCN(C)C. The van der Waals surface area contributed by atoms with E-state index in [1.54, 1.807) is 0 Å². The first-order valence-electron chi connectivity index (χ1n) is 9.45. The van der Waals surface area contributed by atoms with Crippen molar-refractivity contribution in [1.29, 1.82) is 0 Å². The first-order valence-corrected chi connectivity index (χ1v) is 9.45. The second-order valence-electron chi connectivity index (χ2n) is 6.98. The Hall–Kier alpha value is -2.34. The molecule has 140 valence electrons. The van der Waals surface area contributed by atoms with Crippen molar-refractivity contribution in [1.82, 2.24) is 19.6 Å². The molecule has 0 aliphatic heterocycles. The average molecular weight is 355 g/mol. The first-order chi connectivity index (χ1) is 12.6. The maximum Gasteiger partial charge on any atom is 0.152 e. The van der Waals surface area contributed by atoms with Gasteiger partial charge in [-0.1, -0.05) is 31.5 Å². The zero-order valence-electron chi connectivity index (χ0n) is 16.0. The lowest BCUT2D eigenvalue weighted by molar-refractivity contribution is 0.107. The number of aryl methyl sites for hydroxylation is 1. The summed E-state index contributed by atoms with van der Waals surface area (Å²) < 4.78 is 1.90. The van der Waals surface area contributed by atoms with Crippen molar-refractivity contribution < 1.29 is 4.84 Å². The van der Waals surface area contributed by atoms with Crippen LogP contribution in [0.3, 0.4) is 0 Å². The van der Waals surface area contributed by atoms with Crippen LogP contribution in [-0.2, 0) is 6.42 Å². The average Bonchev–Trinajstić information content (AvgIpc) is 2.99. The number of unbranched alkanes of at least 4 members (excludes halogenated alkanes) is 2. The molecule has 0 bridgehead atoms. The number of para-hydroxylation sites is 1. The summed E-state index contributed by atoms with van der Waals surface area (Å²) in [6, 6.07) is 8.02. The lowest BCUT2D eigenvalue weighted by atomic mass is 10.2. The minimum absolute atomic E-state index is 0.464. The van der Waals surface area contributed by atoms with Crippen LogP contribution in [0.2, 0.25) is 0 Å². The molecular formula is C20H29N5O. The van der Waals surface area contributed by atoms with E-state index < -0.39 is 0 Å². The highest BCUT2D eigenvalue weighted by atomic mass is 16.7. The number of hydrogen-bond acceptors (Lipinski definition) is 5. The number of fused-ring (bicyclic) bond motifs is 3. The third-order valence-electron chi connectivity index (χ3n) is 4.52. The molecule has 2 N–H and O–H groups in total. The third kappa shape index (κ3) is 3.90. The van der Waals surface area contributed by atoms with Crippen molar-refractivity contribution in [3.05, 3.63) is 30.1 Å². The summed E-state index contributed by atoms with van der Waals surface area (Å²) >= 11 is 0. The minimum Gasteiger partial charge on any atom is -0.412 e. The lowest BCUT2D eigenvalue weighted by Gasteiger charge is -2.13. The highest BCUT2D eigenvalue weighted by Crippen LogP contribution is 2.28. The van der Waals surface area contributed by atoms with Gasteiger partial charge < -0.3 is 15.5 Å². The predicted octanol–water partition coefficient (Wildman–Crippen LogP) is 3.28. The summed E-state index contributed by atoms with van der Waals surface area (Å²) in [5.74, 6) is 1.39. The number of hydrogen-bond donors (Lipinski definition) is 1. The van der Waals surface area contributed by atoms with Crippen LogP contribution in [0.25, 0.3) is 21.9 Å². The van der Waals surface area contributed by atoms with Crippen molar-refractivity contribution in [2.45, 2.75) is 39.0 Å². The van der Waals surface area contributed by atoms with Gasteiger partial charge in [0.1, 0.15) is 23.5 Å². The number of nitrogens with zero attached hydrogens (tertiary/aromatic N) is 4. The van der Waals surface area contributed by atoms with Gasteiger partial charge in [-0.2, -0.15) is 4.73 Å². The summed E-state index contributed by atoms with van der Waals surface area (Å²) in [5, 5.41) is 1.03. The molecule has 0 aliphatic carbocycles. The molecule has 2 heterocycles. The van der Waals surface area contributed by atoms with Crippen molar-refractivity contribution in [3.63, 3.8) is 0 Å². The molecule has 0 atom stereocenters. The number of nitrogens with two attached hydrogens (primary N) is 1. The Morgan fingerprint density at radius 2 is 1.92 bits per heavy atom. The third-order valence-corrected chi connectivity index (χ3v) is 4.52. The van der Waals surface area contributed by atoms with E-state index in [2.05, 4.69) is 37.0 Å². The second-order valence-corrected chi connectivity index (χ2v) is 6.98. The van der Waals surface area contributed by atoms with E-state index in [1.807, 2.05) is 22.9 Å². The van der Waals surface area contributed by atoms with E-state index >= 15 is 0 Å². The molecule has 3 aromatic rings. The maximum atomic E-state index is 6.19. The fourth-order valence-electron chi connectivity index (χ4n) is 3.14. The van der Waals surface area contributed by atoms with E-state index in [4.69, 9.17) is 15.6 Å². The van der Waals surface area contributed by atoms with Crippen LogP contribution in [0.4, 0.5) is 5.82 Å². The molecule has 0 unspecified atom stereocenters. The van der Waals surface area contributed by atoms with Gasteiger partial charge in [-0.15, -0.1) is 0 Å². The highest BCUT2D eigenvalue weighted by molar-refractivity contribution is 6.06. The number of aromatic nitrogens is 3. The Morgan fingerprint density at radius 3 is 2.69 bits per heavy atom. The second kappa shape index (κ2) is 8.36. The molecule has 0 spiro atoms. The molecule has 6 nitrogen and oxygen atoms in total. The zero-order chi connectivity index (χ0) is 18.5. The summed E-state index contributed by atoms with van der Waals surface area (Å²) in [5.41, 5.74) is 8.74. The maximum absolute atomic E-state index is 6.19.